The highest BCUT2D eigenvalue weighted by Gasteiger charge is 2.29. The molecular formula is C14H29IN4O2S. The molecule has 0 saturated carbocycles. The van der Waals surface area contributed by atoms with Gasteiger partial charge in [-0.15, -0.1) is 24.0 Å². The van der Waals surface area contributed by atoms with Crippen molar-refractivity contribution >= 4 is 39.8 Å². The summed E-state index contributed by atoms with van der Waals surface area (Å²) in [5, 5.41) is 3.17. The highest BCUT2D eigenvalue weighted by Crippen LogP contribution is 2.20. The number of halogens is 1. The second-order valence-electron chi connectivity index (χ2n) is 6.09. The standard InChI is InChI=1S/C14H28N4O2S.HI/c1-15-14(16-7-11-21(2,19)20)18-10-6-13(12-18)17-8-4-3-5-9-17;/h13H,3-12H2,1-2H3,(H,15,16);1H. The molecule has 0 aromatic heterocycles. The maximum absolute atomic E-state index is 11.2. The summed E-state index contributed by atoms with van der Waals surface area (Å²) >= 11 is 0. The molecule has 0 aliphatic carbocycles. The minimum Gasteiger partial charge on any atom is -0.355 e. The smallest absolute Gasteiger partial charge is 0.193 e. The van der Waals surface area contributed by atoms with Gasteiger partial charge in [-0.3, -0.25) is 9.89 Å². The van der Waals surface area contributed by atoms with E-state index in [4.69, 9.17) is 0 Å². The number of nitrogens with zero attached hydrogens (tertiary/aromatic N) is 3. The minimum atomic E-state index is -2.92. The van der Waals surface area contributed by atoms with Crippen LogP contribution in [0.1, 0.15) is 25.7 Å². The van der Waals surface area contributed by atoms with Crippen LogP contribution < -0.4 is 5.32 Å². The molecule has 1 atom stereocenters. The molecule has 0 bridgehead atoms. The van der Waals surface area contributed by atoms with E-state index in [1.54, 1.807) is 7.05 Å². The zero-order chi connectivity index (χ0) is 15.3. The largest absolute Gasteiger partial charge is 0.355 e. The molecule has 22 heavy (non-hydrogen) atoms. The van der Waals surface area contributed by atoms with Gasteiger partial charge in [-0.1, -0.05) is 6.42 Å². The molecule has 8 heteroatoms. The van der Waals surface area contributed by atoms with Gasteiger partial charge in [0.05, 0.1) is 5.75 Å². The summed E-state index contributed by atoms with van der Waals surface area (Å²) in [6.45, 7) is 4.87. The lowest BCUT2D eigenvalue weighted by atomic mass is 10.1. The van der Waals surface area contributed by atoms with Crippen LogP contribution in [0.2, 0.25) is 0 Å². The molecule has 2 fully saturated rings. The van der Waals surface area contributed by atoms with Crippen LogP contribution in [0.25, 0.3) is 0 Å². The van der Waals surface area contributed by atoms with E-state index in [9.17, 15) is 8.42 Å². The van der Waals surface area contributed by atoms with Crippen LogP contribution in [0.3, 0.4) is 0 Å². The molecule has 2 saturated heterocycles. The average molecular weight is 444 g/mol. The highest BCUT2D eigenvalue weighted by atomic mass is 127. The Hall–Kier alpha value is -0.0900. The van der Waals surface area contributed by atoms with Crippen molar-refractivity contribution in [2.45, 2.75) is 31.7 Å². The number of hydrogen-bond donors (Lipinski definition) is 1. The van der Waals surface area contributed by atoms with Crippen molar-refractivity contribution in [1.29, 1.82) is 0 Å². The molecule has 0 aromatic rings. The normalized spacial score (nSPS) is 24.2. The van der Waals surface area contributed by atoms with Gasteiger partial charge in [0.15, 0.2) is 5.96 Å². The van der Waals surface area contributed by atoms with Gasteiger partial charge >= 0.3 is 0 Å². The topological polar surface area (TPSA) is 65.0 Å². The summed E-state index contributed by atoms with van der Waals surface area (Å²) in [7, 11) is -1.16. The molecule has 0 aromatic carbocycles. The second kappa shape index (κ2) is 9.27. The van der Waals surface area contributed by atoms with Crippen LogP contribution in [0.15, 0.2) is 4.99 Å². The summed E-state index contributed by atoms with van der Waals surface area (Å²) in [4.78, 5) is 9.14. The Morgan fingerprint density at radius 3 is 2.50 bits per heavy atom. The quantitative estimate of drug-likeness (QED) is 0.395. The van der Waals surface area contributed by atoms with Crippen molar-refractivity contribution in [3.05, 3.63) is 0 Å². The van der Waals surface area contributed by atoms with Crippen molar-refractivity contribution < 1.29 is 8.42 Å². The summed E-state index contributed by atoms with van der Waals surface area (Å²) in [6.07, 6.45) is 6.43. The van der Waals surface area contributed by atoms with Crippen LogP contribution in [-0.2, 0) is 9.84 Å². The predicted molar refractivity (Wildman–Crippen MR) is 102 cm³/mol. The number of likely N-dealkylation sites (tertiary alicyclic amines) is 2. The summed E-state index contributed by atoms with van der Waals surface area (Å²) < 4.78 is 22.4. The Morgan fingerprint density at radius 1 is 1.23 bits per heavy atom. The molecule has 0 spiro atoms. The van der Waals surface area contributed by atoms with Crippen LogP contribution in [0.5, 0.6) is 0 Å². The van der Waals surface area contributed by atoms with E-state index in [1.807, 2.05) is 0 Å². The van der Waals surface area contributed by atoms with Crippen LogP contribution in [-0.4, -0.2) is 82.0 Å². The first-order valence-corrected chi connectivity index (χ1v) is 9.93. The van der Waals surface area contributed by atoms with E-state index < -0.39 is 9.84 Å². The van der Waals surface area contributed by atoms with Gasteiger partial charge in [0, 0.05) is 39.0 Å². The van der Waals surface area contributed by atoms with Crippen molar-refractivity contribution in [2.24, 2.45) is 4.99 Å². The number of guanidine groups is 1. The SMILES string of the molecule is CN=C(NCCS(C)(=O)=O)N1CCC(N2CCCCC2)C1.I. The summed E-state index contributed by atoms with van der Waals surface area (Å²) in [6, 6.07) is 0.624. The molecule has 6 nitrogen and oxygen atoms in total. The van der Waals surface area contributed by atoms with Crippen molar-refractivity contribution in [3.63, 3.8) is 0 Å². The number of aliphatic imine (C=N–C) groups is 1. The Bertz CT molecular complexity index is 463. The zero-order valence-electron chi connectivity index (χ0n) is 13.6. The molecule has 130 valence electrons. The van der Waals surface area contributed by atoms with E-state index in [0.717, 1.165) is 19.0 Å². The number of hydrogen-bond acceptors (Lipinski definition) is 4. The van der Waals surface area contributed by atoms with E-state index >= 15 is 0 Å². The highest BCUT2D eigenvalue weighted by molar-refractivity contribution is 14.0. The van der Waals surface area contributed by atoms with Gasteiger partial charge in [0.1, 0.15) is 9.84 Å². The molecule has 0 radical (unpaired) electrons. The Balaban J connectivity index is 0.00000242. The van der Waals surface area contributed by atoms with Crippen LogP contribution >= 0.6 is 24.0 Å². The lowest BCUT2D eigenvalue weighted by molar-refractivity contribution is 0.168. The third-order valence-electron chi connectivity index (χ3n) is 4.34. The molecule has 2 heterocycles. The van der Waals surface area contributed by atoms with E-state index in [1.165, 1.54) is 45.0 Å². The molecule has 2 aliphatic rings. The van der Waals surface area contributed by atoms with Crippen molar-refractivity contribution in [1.82, 2.24) is 15.1 Å². The van der Waals surface area contributed by atoms with Crippen LogP contribution in [0.4, 0.5) is 0 Å². The lowest BCUT2D eigenvalue weighted by Gasteiger charge is -2.32. The second-order valence-corrected chi connectivity index (χ2v) is 8.35. The first-order valence-electron chi connectivity index (χ1n) is 7.87. The van der Waals surface area contributed by atoms with Crippen molar-refractivity contribution in [3.8, 4) is 0 Å². The number of nitrogens with one attached hydrogen (secondary N) is 1. The number of sulfone groups is 1. The first kappa shape index (κ1) is 20.0. The monoisotopic (exact) mass is 444 g/mol. The fourth-order valence-electron chi connectivity index (χ4n) is 3.20. The van der Waals surface area contributed by atoms with Crippen molar-refractivity contribution in [2.75, 3.05) is 51.8 Å². The van der Waals surface area contributed by atoms with Gasteiger partial charge in [0.25, 0.3) is 0 Å². The van der Waals surface area contributed by atoms with E-state index in [2.05, 4.69) is 20.1 Å². The molecular weight excluding hydrogens is 415 g/mol. The number of rotatable bonds is 4. The van der Waals surface area contributed by atoms with Gasteiger partial charge in [-0.2, -0.15) is 0 Å². The fraction of sp³-hybridized carbons (Fsp3) is 0.929. The fourth-order valence-corrected chi connectivity index (χ4v) is 3.67. The summed E-state index contributed by atoms with van der Waals surface area (Å²) in [5.74, 6) is 0.980. The van der Waals surface area contributed by atoms with E-state index in [-0.39, 0.29) is 29.7 Å². The number of piperidine rings is 1. The Labute approximate surface area is 151 Å². The van der Waals surface area contributed by atoms with Crippen LogP contribution in [0, 0.1) is 0 Å². The van der Waals surface area contributed by atoms with Gasteiger partial charge in [-0.05, 0) is 32.4 Å². The Kier molecular flexibility index (Phi) is 8.40. The first-order chi connectivity index (χ1) is 9.99. The van der Waals surface area contributed by atoms with Gasteiger partial charge in [0.2, 0.25) is 0 Å². The van der Waals surface area contributed by atoms with E-state index in [0.29, 0.717) is 12.6 Å². The molecule has 1 N–H and O–H groups in total. The molecule has 0 amide bonds. The molecule has 2 aliphatic heterocycles. The minimum absolute atomic E-state index is 0. The maximum Gasteiger partial charge on any atom is 0.193 e. The predicted octanol–water partition coefficient (Wildman–Crippen LogP) is 0.785. The Morgan fingerprint density at radius 2 is 1.91 bits per heavy atom. The molecule has 1 unspecified atom stereocenters. The lowest BCUT2D eigenvalue weighted by Crippen LogP contribution is -2.45. The average Bonchev–Trinajstić information content (AvgIpc) is 2.93. The maximum atomic E-state index is 11.2. The zero-order valence-corrected chi connectivity index (χ0v) is 16.8. The molecule has 2 rings (SSSR count). The summed E-state index contributed by atoms with van der Waals surface area (Å²) in [5.41, 5.74) is 0. The van der Waals surface area contributed by atoms with Gasteiger partial charge in [-0.25, -0.2) is 8.42 Å². The third kappa shape index (κ3) is 6.19. The third-order valence-corrected chi connectivity index (χ3v) is 5.28. The van der Waals surface area contributed by atoms with Gasteiger partial charge < -0.3 is 10.2 Å².